The van der Waals surface area contributed by atoms with E-state index in [1.807, 2.05) is 12.1 Å². The van der Waals surface area contributed by atoms with Gasteiger partial charge in [0.15, 0.2) is 6.10 Å². The minimum atomic E-state index is -0.590. The largest absolute Gasteiger partial charge is 0.497 e. The van der Waals surface area contributed by atoms with Crippen molar-refractivity contribution in [3.63, 3.8) is 0 Å². The van der Waals surface area contributed by atoms with Gasteiger partial charge in [-0.3, -0.25) is 9.69 Å². The second kappa shape index (κ2) is 10.1. The monoisotopic (exact) mass is 384 g/mol. The number of carbonyl (C=O) groups excluding carboxylic acids is 1. The van der Waals surface area contributed by atoms with E-state index in [-0.39, 0.29) is 5.91 Å². The van der Waals surface area contributed by atoms with E-state index in [4.69, 9.17) is 14.2 Å². The lowest BCUT2D eigenvalue weighted by atomic mass is 10.1. The minimum Gasteiger partial charge on any atom is -0.497 e. The van der Waals surface area contributed by atoms with E-state index in [0.29, 0.717) is 18.0 Å². The first-order valence-corrected chi connectivity index (χ1v) is 9.60. The Labute approximate surface area is 166 Å². The van der Waals surface area contributed by atoms with Crippen molar-refractivity contribution < 1.29 is 19.0 Å². The fourth-order valence-electron chi connectivity index (χ4n) is 3.05. The summed E-state index contributed by atoms with van der Waals surface area (Å²) in [6.45, 7) is 6.70. The standard InChI is InChI=1S/C22H28N2O4/c1-17(28-21-5-3-4-20(14-21)26-2)22(25)23-15-18-6-8-19(9-7-18)16-24-10-12-27-13-11-24/h3-9,14,17H,10-13,15-16H2,1-2H3,(H,23,25)/t17-/m0/s1. The lowest BCUT2D eigenvalue weighted by Crippen LogP contribution is -2.36. The van der Waals surface area contributed by atoms with E-state index in [1.165, 1.54) is 5.56 Å². The van der Waals surface area contributed by atoms with Crippen LogP contribution in [0.15, 0.2) is 48.5 Å². The number of morpholine rings is 1. The Morgan fingerprint density at radius 2 is 1.79 bits per heavy atom. The van der Waals surface area contributed by atoms with Crippen LogP contribution < -0.4 is 14.8 Å². The number of methoxy groups -OCH3 is 1. The quantitative estimate of drug-likeness (QED) is 0.758. The SMILES string of the molecule is COc1cccc(O[C@@H](C)C(=O)NCc2ccc(CN3CCOCC3)cc2)c1. The Morgan fingerprint density at radius 3 is 2.50 bits per heavy atom. The summed E-state index contributed by atoms with van der Waals surface area (Å²) in [6, 6.07) is 15.6. The molecule has 6 nitrogen and oxygen atoms in total. The third-order valence-corrected chi connectivity index (χ3v) is 4.72. The van der Waals surface area contributed by atoms with Gasteiger partial charge in [-0.1, -0.05) is 30.3 Å². The highest BCUT2D eigenvalue weighted by atomic mass is 16.5. The highest BCUT2D eigenvalue weighted by molar-refractivity contribution is 5.80. The average Bonchev–Trinajstić information content (AvgIpc) is 2.74. The van der Waals surface area contributed by atoms with Crippen molar-refractivity contribution in [3.8, 4) is 11.5 Å². The molecule has 1 amide bonds. The van der Waals surface area contributed by atoms with Crippen molar-refractivity contribution >= 4 is 5.91 Å². The van der Waals surface area contributed by atoms with Crippen LogP contribution in [0.25, 0.3) is 0 Å². The first-order chi connectivity index (χ1) is 13.6. The molecule has 0 unspecified atom stereocenters. The Kier molecular flexibility index (Phi) is 7.28. The van der Waals surface area contributed by atoms with Crippen LogP contribution >= 0.6 is 0 Å². The predicted molar refractivity (Wildman–Crippen MR) is 107 cm³/mol. The molecule has 28 heavy (non-hydrogen) atoms. The Bertz CT molecular complexity index is 757. The topological polar surface area (TPSA) is 60.0 Å². The molecule has 1 saturated heterocycles. The zero-order chi connectivity index (χ0) is 19.8. The second-order valence-corrected chi connectivity index (χ2v) is 6.86. The third kappa shape index (κ3) is 5.97. The molecule has 0 aliphatic carbocycles. The summed E-state index contributed by atoms with van der Waals surface area (Å²) in [5.74, 6) is 1.15. The van der Waals surface area contributed by atoms with Gasteiger partial charge in [-0.05, 0) is 30.2 Å². The molecule has 1 aliphatic rings. The van der Waals surface area contributed by atoms with E-state index in [1.54, 1.807) is 26.2 Å². The van der Waals surface area contributed by atoms with Gasteiger partial charge in [0.05, 0.1) is 20.3 Å². The smallest absolute Gasteiger partial charge is 0.261 e. The van der Waals surface area contributed by atoms with Gasteiger partial charge >= 0.3 is 0 Å². The molecule has 1 fully saturated rings. The first-order valence-electron chi connectivity index (χ1n) is 9.60. The van der Waals surface area contributed by atoms with Crippen LogP contribution in [0.1, 0.15) is 18.1 Å². The van der Waals surface area contributed by atoms with Gasteiger partial charge < -0.3 is 19.5 Å². The molecule has 2 aromatic rings. The minimum absolute atomic E-state index is 0.153. The molecule has 1 atom stereocenters. The number of rotatable bonds is 8. The summed E-state index contributed by atoms with van der Waals surface area (Å²) in [4.78, 5) is 14.7. The first kappa shape index (κ1) is 20.2. The highest BCUT2D eigenvalue weighted by Gasteiger charge is 2.15. The molecule has 150 valence electrons. The van der Waals surface area contributed by atoms with Crippen LogP contribution in [0.4, 0.5) is 0 Å². The van der Waals surface area contributed by atoms with Crippen molar-refractivity contribution in [3.05, 3.63) is 59.7 Å². The maximum absolute atomic E-state index is 12.3. The van der Waals surface area contributed by atoms with Crippen molar-refractivity contribution in [2.24, 2.45) is 0 Å². The number of benzene rings is 2. The second-order valence-electron chi connectivity index (χ2n) is 6.86. The van der Waals surface area contributed by atoms with Crippen molar-refractivity contribution in [1.29, 1.82) is 0 Å². The summed E-state index contributed by atoms with van der Waals surface area (Å²) in [5, 5.41) is 2.93. The molecule has 0 saturated carbocycles. The van der Waals surface area contributed by atoms with Crippen LogP contribution in [0.3, 0.4) is 0 Å². The molecule has 6 heteroatoms. The van der Waals surface area contributed by atoms with E-state index >= 15 is 0 Å². The van der Waals surface area contributed by atoms with Gasteiger partial charge in [-0.25, -0.2) is 0 Å². The van der Waals surface area contributed by atoms with Gasteiger partial charge in [-0.2, -0.15) is 0 Å². The fraction of sp³-hybridized carbons (Fsp3) is 0.409. The van der Waals surface area contributed by atoms with Gasteiger partial charge in [0.25, 0.3) is 5.91 Å². The molecule has 3 rings (SSSR count). The predicted octanol–water partition coefficient (Wildman–Crippen LogP) is 2.61. The Hall–Kier alpha value is -2.57. The maximum Gasteiger partial charge on any atom is 0.261 e. The molecule has 0 spiro atoms. The van der Waals surface area contributed by atoms with Crippen LogP contribution in [0.5, 0.6) is 11.5 Å². The van der Waals surface area contributed by atoms with Crippen molar-refractivity contribution in [2.45, 2.75) is 26.1 Å². The molecule has 0 radical (unpaired) electrons. The highest BCUT2D eigenvalue weighted by Crippen LogP contribution is 2.20. The third-order valence-electron chi connectivity index (χ3n) is 4.72. The number of hydrogen-bond acceptors (Lipinski definition) is 5. The average molecular weight is 384 g/mol. The lowest BCUT2D eigenvalue weighted by molar-refractivity contribution is -0.127. The van der Waals surface area contributed by atoms with E-state index in [0.717, 1.165) is 38.4 Å². The van der Waals surface area contributed by atoms with Crippen molar-refractivity contribution in [1.82, 2.24) is 10.2 Å². The molecular formula is C22H28N2O4. The van der Waals surface area contributed by atoms with Gasteiger partial charge in [0, 0.05) is 32.2 Å². The van der Waals surface area contributed by atoms with Crippen LogP contribution in [0.2, 0.25) is 0 Å². The van der Waals surface area contributed by atoms with Crippen LogP contribution in [-0.4, -0.2) is 50.3 Å². The summed E-state index contributed by atoms with van der Waals surface area (Å²) < 4.78 is 16.3. The van der Waals surface area contributed by atoms with E-state index < -0.39 is 6.10 Å². The molecule has 0 bridgehead atoms. The number of nitrogens with one attached hydrogen (secondary N) is 1. The molecule has 1 heterocycles. The zero-order valence-corrected chi connectivity index (χ0v) is 16.5. The van der Waals surface area contributed by atoms with E-state index in [9.17, 15) is 4.79 Å². The summed E-state index contributed by atoms with van der Waals surface area (Å²) in [6.07, 6.45) is -0.590. The Balaban J connectivity index is 1.45. The number of amides is 1. The molecule has 1 aliphatic heterocycles. The molecule has 2 aromatic carbocycles. The summed E-state index contributed by atoms with van der Waals surface area (Å²) >= 11 is 0. The zero-order valence-electron chi connectivity index (χ0n) is 16.5. The number of ether oxygens (including phenoxy) is 3. The maximum atomic E-state index is 12.3. The lowest BCUT2D eigenvalue weighted by Gasteiger charge is -2.26. The Morgan fingerprint density at radius 1 is 1.11 bits per heavy atom. The number of nitrogens with zero attached hydrogens (tertiary/aromatic N) is 1. The van der Waals surface area contributed by atoms with Gasteiger partial charge in [-0.15, -0.1) is 0 Å². The van der Waals surface area contributed by atoms with Crippen LogP contribution in [-0.2, 0) is 22.6 Å². The summed E-state index contributed by atoms with van der Waals surface area (Å²) in [5.41, 5.74) is 2.33. The number of carbonyl (C=O) groups is 1. The van der Waals surface area contributed by atoms with Crippen LogP contribution in [0, 0.1) is 0 Å². The van der Waals surface area contributed by atoms with Gasteiger partial charge in [0.2, 0.25) is 0 Å². The fourth-order valence-corrected chi connectivity index (χ4v) is 3.05. The van der Waals surface area contributed by atoms with Gasteiger partial charge in [0.1, 0.15) is 11.5 Å². The molecule has 0 aromatic heterocycles. The molecule has 1 N–H and O–H groups in total. The number of hydrogen-bond donors (Lipinski definition) is 1. The molecular weight excluding hydrogens is 356 g/mol. The van der Waals surface area contributed by atoms with E-state index in [2.05, 4.69) is 34.5 Å². The summed E-state index contributed by atoms with van der Waals surface area (Å²) in [7, 11) is 1.60. The van der Waals surface area contributed by atoms with Crippen molar-refractivity contribution in [2.75, 3.05) is 33.4 Å². The normalized spacial score (nSPS) is 15.6.